The molecule has 1 saturated carbocycles. The van der Waals surface area contributed by atoms with E-state index in [1.807, 2.05) is 0 Å². The van der Waals surface area contributed by atoms with Crippen LogP contribution in [0.1, 0.15) is 51.0 Å². The molecular formula is C28H27F4N5O2. The Morgan fingerprint density at radius 1 is 1.15 bits per heavy atom. The number of likely N-dealkylation sites (tertiary alicyclic amines) is 1. The summed E-state index contributed by atoms with van der Waals surface area (Å²) in [5.41, 5.74) is -0.224. The monoisotopic (exact) mass is 541 g/mol. The number of carbonyl (C=O) groups is 1. The number of nitrogens with zero attached hydrogens (tertiary/aromatic N) is 5. The van der Waals surface area contributed by atoms with E-state index in [2.05, 4.69) is 15.1 Å². The lowest BCUT2D eigenvalue weighted by atomic mass is 9.74. The van der Waals surface area contributed by atoms with Gasteiger partial charge in [0.15, 0.2) is 12.0 Å². The van der Waals surface area contributed by atoms with Gasteiger partial charge in [-0.3, -0.25) is 9.69 Å². The second-order valence-electron chi connectivity index (χ2n) is 11.4. The molecule has 7 rings (SSSR count). The fourth-order valence-corrected chi connectivity index (χ4v) is 6.44. The molecule has 204 valence electrons. The average molecular weight is 542 g/mol. The van der Waals surface area contributed by atoms with Crippen molar-refractivity contribution in [3.8, 4) is 0 Å². The fourth-order valence-electron chi connectivity index (χ4n) is 6.44. The molecule has 39 heavy (non-hydrogen) atoms. The predicted molar refractivity (Wildman–Crippen MR) is 133 cm³/mol. The number of benzene rings is 2. The van der Waals surface area contributed by atoms with Gasteiger partial charge in [-0.1, -0.05) is 12.1 Å². The van der Waals surface area contributed by atoms with E-state index in [4.69, 9.17) is 4.74 Å². The highest BCUT2D eigenvalue weighted by Gasteiger charge is 2.51. The number of fused-ring (bicyclic) bond motifs is 2. The minimum absolute atomic E-state index is 0.0185. The molecule has 2 aromatic carbocycles. The van der Waals surface area contributed by atoms with Gasteiger partial charge in [-0.2, -0.15) is 13.2 Å². The largest absolute Gasteiger partial charge is 0.416 e. The minimum Gasteiger partial charge on any atom is -0.379 e. The molecule has 2 saturated heterocycles. The number of aromatic nitrogens is 3. The SMILES string of the molecule is Cn1cnnc1[C@H](F)C1(c2cccc(N3Cc4c(cc(CN5CC6CC6C5)cc4C(F)(F)F)C3=O)c2)COC1. The topological polar surface area (TPSA) is 63.5 Å². The zero-order chi connectivity index (χ0) is 27.1. The molecule has 1 aromatic heterocycles. The van der Waals surface area contributed by atoms with Crippen LogP contribution in [-0.2, 0) is 36.5 Å². The molecule has 4 aliphatic rings. The van der Waals surface area contributed by atoms with Crippen molar-refractivity contribution in [1.82, 2.24) is 19.7 Å². The Morgan fingerprint density at radius 2 is 1.92 bits per heavy atom. The molecular weight excluding hydrogens is 514 g/mol. The summed E-state index contributed by atoms with van der Waals surface area (Å²) in [5.74, 6) is 0.995. The van der Waals surface area contributed by atoms with Crippen LogP contribution in [0, 0.1) is 11.8 Å². The molecule has 0 N–H and O–H groups in total. The van der Waals surface area contributed by atoms with E-state index in [0.29, 0.717) is 35.2 Å². The zero-order valence-corrected chi connectivity index (χ0v) is 21.3. The maximum Gasteiger partial charge on any atom is 0.416 e. The van der Waals surface area contributed by atoms with Crippen molar-refractivity contribution >= 4 is 11.6 Å². The van der Waals surface area contributed by atoms with E-state index in [0.717, 1.165) is 13.1 Å². The highest BCUT2D eigenvalue weighted by Crippen LogP contribution is 2.48. The van der Waals surface area contributed by atoms with Gasteiger partial charge in [-0.25, -0.2) is 4.39 Å². The molecule has 1 amide bonds. The minimum atomic E-state index is -4.59. The maximum atomic E-state index is 15.8. The summed E-state index contributed by atoms with van der Waals surface area (Å²) >= 11 is 0. The summed E-state index contributed by atoms with van der Waals surface area (Å²) < 4.78 is 65.3. The van der Waals surface area contributed by atoms with E-state index in [1.54, 1.807) is 37.4 Å². The molecule has 3 fully saturated rings. The van der Waals surface area contributed by atoms with Crippen LogP contribution in [0.2, 0.25) is 0 Å². The molecule has 3 atom stereocenters. The average Bonchev–Trinajstić information content (AvgIpc) is 3.16. The van der Waals surface area contributed by atoms with Gasteiger partial charge in [0.2, 0.25) is 0 Å². The van der Waals surface area contributed by atoms with Crippen LogP contribution in [0.3, 0.4) is 0 Å². The third-order valence-corrected chi connectivity index (χ3v) is 8.78. The zero-order valence-electron chi connectivity index (χ0n) is 21.3. The van der Waals surface area contributed by atoms with Gasteiger partial charge in [-0.05, 0) is 59.2 Å². The molecule has 0 radical (unpaired) electrons. The summed E-state index contributed by atoms with van der Waals surface area (Å²) in [4.78, 5) is 17.1. The first-order chi connectivity index (χ1) is 18.6. The van der Waals surface area contributed by atoms with Crippen LogP contribution in [0.5, 0.6) is 0 Å². The number of aryl methyl sites for hydroxylation is 1. The lowest BCUT2D eigenvalue weighted by molar-refractivity contribution is -0.138. The molecule has 7 nitrogen and oxygen atoms in total. The van der Waals surface area contributed by atoms with Crippen LogP contribution in [0.15, 0.2) is 42.7 Å². The lowest BCUT2D eigenvalue weighted by Crippen LogP contribution is -2.50. The van der Waals surface area contributed by atoms with Gasteiger partial charge in [0, 0.05) is 37.9 Å². The normalized spacial score (nSPS) is 24.4. The molecule has 0 spiro atoms. The van der Waals surface area contributed by atoms with E-state index in [-0.39, 0.29) is 36.7 Å². The Kier molecular flexibility index (Phi) is 5.44. The van der Waals surface area contributed by atoms with Crippen LogP contribution >= 0.6 is 0 Å². The van der Waals surface area contributed by atoms with Gasteiger partial charge >= 0.3 is 6.18 Å². The van der Waals surface area contributed by atoms with Crippen LogP contribution < -0.4 is 4.90 Å². The predicted octanol–water partition coefficient (Wildman–Crippen LogP) is 4.42. The number of rotatable bonds is 6. The van der Waals surface area contributed by atoms with Crippen molar-refractivity contribution in [2.75, 3.05) is 31.2 Å². The number of halogens is 4. The van der Waals surface area contributed by atoms with Gasteiger partial charge in [0.25, 0.3) is 5.91 Å². The van der Waals surface area contributed by atoms with Crippen molar-refractivity contribution in [2.45, 2.75) is 37.3 Å². The molecule has 4 heterocycles. The Morgan fingerprint density at radius 3 is 2.56 bits per heavy atom. The van der Waals surface area contributed by atoms with Crippen molar-refractivity contribution < 1.29 is 27.1 Å². The fraction of sp³-hybridized carbons (Fsp3) is 0.464. The second kappa shape index (κ2) is 8.59. The highest BCUT2D eigenvalue weighted by molar-refractivity contribution is 6.10. The third kappa shape index (κ3) is 3.97. The second-order valence-corrected chi connectivity index (χ2v) is 11.4. The first-order valence-corrected chi connectivity index (χ1v) is 13.1. The number of hydrogen-bond donors (Lipinski definition) is 0. The Bertz CT molecular complexity index is 1460. The van der Waals surface area contributed by atoms with Crippen molar-refractivity contribution in [3.63, 3.8) is 0 Å². The van der Waals surface area contributed by atoms with Crippen LogP contribution in [0.25, 0.3) is 0 Å². The van der Waals surface area contributed by atoms with Crippen molar-refractivity contribution in [1.29, 1.82) is 0 Å². The number of amides is 1. The van der Waals surface area contributed by atoms with E-state index < -0.39 is 29.2 Å². The van der Waals surface area contributed by atoms with Gasteiger partial charge < -0.3 is 14.2 Å². The standard InChI is InChI=1S/C28H27F4N5O2/c1-35-15-33-34-25(35)24(29)27(13-39-14-27)19-3-2-4-20(8-19)37-12-22-21(26(37)38)5-16(6-23(22)28(30,31)32)9-36-10-17-7-18(17)11-36/h2-6,8,15,17-18,24H,7,9-14H2,1H3/t17?,18?,24-/m0/s1. The van der Waals surface area contributed by atoms with Crippen molar-refractivity contribution in [3.05, 3.63) is 76.4 Å². The number of piperidine rings is 1. The van der Waals surface area contributed by atoms with E-state index >= 15 is 4.39 Å². The smallest absolute Gasteiger partial charge is 0.379 e. The number of hydrogen-bond acceptors (Lipinski definition) is 5. The summed E-state index contributed by atoms with van der Waals surface area (Å²) in [5, 5.41) is 7.70. The number of anilines is 1. The molecule has 3 aromatic rings. The summed E-state index contributed by atoms with van der Waals surface area (Å²) in [6.45, 7) is 2.20. The van der Waals surface area contributed by atoms with Crippen LogP contribution in [0.4, 0.5) is 23.2 Å². The maximum absolute atomic E-state index is 15.8. The van der Waals surface area contributed by atoms with Gasteiger partial charge in [0.1, 0.15) is 6.33 Å². The molecule has 11 heteroatoms. The molecule has 2 unspecified atom stereocenters. The Labute approximate surface area is 222 Å². The first-order valence-electron chi connectivity index (χ1n) is 13.1. The third-order valence-electron chi connectivity index (χ3n) is 8.78. The van der Waals surface area contributed by atoms with Gasteiger partial charge in [-0.15, -0.1) is 10.2 Å². The molecule has 3 aliphatic heterocycles. The van der Waals surface area contributed by atoms with Crippen LogP contribution in [-0.4, -0.2) is 51.9 Å². The number of carbonyl (C=O) groups excluding carboxylic acids is 1. The van der Waals surface area contributed by atoms with E-state index in [9.17, 15) is 18.0 Å². The van der Waals surface area contributed by atoms with E-state index in [1.165, 1.54) is 28.3 Å². The quantitative estimate of drug-likeness (QED) is 0.433. The van der Waals surface area contributed by atoms with Crippen molar-refractivity contribution in [2.24, 2.45) is 18.9 Å². The highest BCUT2D eigenvalue weighted by atomic mass is 19.4. The number of ether oxygens (including phenoxy) is 1. The summed E-state index contributed by atoms with van der Waals surface area (Å²) in [7, 11) is 1.66. The first kappa shape index (κ1) is 24.7. The summed E-state index contributed by atoms with van der Waals surface area (Å²) in [6.07, 6.45) is -3.48. The Hall–Kier alpha value is -3.31. The Balaban J connectivity index is 1.21. The number of alkyl halides is 4. The lowest BCUT2D eigenvalue weighted by Gasteiger charge is -2.43. The molecule has 1 aliphatic carbocycles. The van der Waals surface area contributed by atoms with Gasteiger partial charge in [0.05, 0.1) is 30.7 Å². The molecule has 0 bridgehead atoms. The summed E-state index contributed by atoms with van der Waals surface area (Å²) in [6, 6.07) is 9.61.